The van der Waals surface area contributed by atoms with Crippen LogP contribution >= 0.6 is 0 Å². The molecule has 1 amide bonds. The Balaban J connectivity index is 2.31. The molecule has 0 spiro atoms. The second-order valence-corrected chi connectivity index (χ2v) is 4.52. The summed E-state index contributed by atoms with van der Waals surface area (Å²) in [4.78, 5) is 18.6. The van der Waals surface area contributed by atoms with E-state index in [1.807, 2.05) is 38.1 Å². The quantitative estimate of drug-likeness (QED) is 0.927. The Kier molecular flexibility index (Phi) is 4.35. The summed E-state index contributed by atoms with van der Waals surface area (Å²) in [5, 5.41) is 2.94. The first-order chi connectivity index (χ1) is 9.67. The molecular weight excluding hydrogens is 250 g/mol. The normalized spacial score (nSPS) is 10.2. The fraction of sp³-hybridized carbons (Fsp3) is 0.250. The van der Waals surface area contributed by atoms with E-state index in [9.17, 15) is 4.79 Å². The Morgan fingerprint density at radius 2 is 2.00 bits per heavy atom. The van der Waals surface area contributed by atoms with Gasteiger partial charge in [0.1, 0.15) is 5.82 Å². The molecule has 2 rings (SSSR count). The number of nitrogens with zero attached hydrogens (tertiary/aromatic N) is 2. The molecule has 4 nitrogen and oxygen atoms in total. The van der Waals surface area contributed by atoms with Gasteiger partial charge in [0.2, 0.25) is 0 Å². The molecule has 1 N–H and O–H groups in total. The van der Waals surface area contributed by atoms with Crippen LogP contribution in [-0.4, -0.2) is 24.5 Å². The summed E-state index contributed by atoms with van der Waals surface area (Å²) in [5.74, 6) is 0.720. The van der Waals surface area contributed by atoms with Crippen LogP contribution < -0.4 is 10.2 Å². The molecule has 0 unspecified atom stereocenters. The van der Waals surface area contributed by atoms with Gasteiger partial charge < -0.3 is 10.2 Å². The average Bonchev–Trinajstić information content (AvgIpc) is 2.50. The molecular formula is C16H19N3O. The van der Waals surface area contributed by atoms with E-state index in [1.54, 1.807) is 30.3 Å². The second-order valence-electron chi connectivity index (χ2n) is 4.52. The molecule has 0 aliphatic rings. The number of para-hydroxylation sites is 1. The summed E-state index contributed by atoms with van der Waals surface area (Å²) in [6.07, 6.45) is 1.61. The molecule has 0 bridgehead atoms. The van der Waals surface area contributed by atoms with E-state index in [4.69, 9.17) is 0 Å². The monoisotopic (exact) mass is 269 g/mol. The van der Waals surface area contributed by atoms with E-state index in [0.29, 0.717) is 12.1 Å². The number of benzene rings is 1. The maximum absolute atomic E-state index is 12.6. The van der Waals surface area contributed by atoms with Crippen molar-refractivity contribution >= 4 is 17.4 Å². The van der Waals surface area contributed by atoms with Crippen LogP contribution in [0.3, 0.4) is 0 Å². The van der Waals surface area contributed by atoms with Crippen LogP contribution in [0.4, 0.5) is 11.5 Å². The maximum Gasteiger partial charge on any atom is 0.259 e. The molecule has 0 fully saturated rings. The van der Waals surface area contributed by atoms with Crippen molar-refractivity contribution in [1.82, 2.24) is 4.98 Å². The molecule has 1 aromatic carbocycles. The first kappa shape index (κ1) is 14.1. The van der Waals surface area contributed by atoms with E-state index < -0.39 is 0 Å². The van der Waals surface area contributed by atoms with Crippen LogP contribution in [0, 0.1) is 6.92 Å². The van der Waals surface area contributed by atoms with Crippen LogP contribution in [0.5, 0.6) is 0 Å². The van der Waals surface area contributed by atoms with Gasteiger partial charge >= 0.3 is 0 Å². The molecule has 0 aliphatic carbocycles. The van der Waals surface area contributed by atoms with Crippen LogP contribution in [0.25, 0.3) is 0 Å². The highest BCUT2D eigenvalue weighted by atomic mass is 16.2. The summed E-state index contributed by atoms with van der Waals surface area (Å²) >= 11 is 0. The van der Waals surface area contributed by atoms with Gasteiger partial charge in [-0.2, -0.15) is 0 Å². The number of anilines is 2. The molecule has 0 radical (unpaired) electrons. The van der Waals surface area contributed by atoms with E-state index in [2.05, 4.69) is 10.3 Å². The summed E-state index contributed by atoms with van der Waals surface area (Å²) in [5.41, 5.74) is 2.62. The number of nitrogens with one attached hydrogen (secondary N) is 1. The smallest absolute Gasteiger partial charge is 0.259 e. The minimum absolute atomic E-state index is 0.0306. The van der Waals surface area contributed by atoms with E-state index >= 15 is 0 Å². The number of aryl methyl sites for hydroxylation is 1. The Morgan fingerprint density at radius 3 is 2.55 bits per heavy atom. The van der Waals surface area contributed by atoms with Gasteiger partial charge in [0.15, 0.2) is 0 Å². The lowest BCUT2D eigenvalue weighted by Crippen LogP contribution is -2.31. The van der Waals surface area contributed by atoms with E-state index in [1.165, 1.54) is 0 Å². The Morgan fingerprint density at radius 1 is 1.25 bits per heavy atom. The third-order valence-corrected chi connectivity index (χ3v) is 3.23. The zero-order chi connectivity index (χ0) is 14.5. The van der Waals surface area contributed by atoms with Crippen LogP contribution in [0.2, 0.25) is 0 Å². The number of hydrogen-bond donors (Lipinski definition) is 1. The number of rotatable bonds is 4. The van der Waals surface area contributed by atoms with Crippen LogP contribution in [0.15, 0.2) is 42.6 Å². The summed E-state index contributed by atoms with van der Waals surface area (Å²) in [7, 11) is 1.80. The number of carbonyl (C=O) groups is 1. The number of aromatic nitrogens is 1. The SMILES string of the molecule is CCN(C(=O)c1ccc(NC)nc1)c1ccccc1C. The zero-order valence-corrected chi connectivity index (χ0v) is 12.1. The van der Waals surface area contributed by atoms with Crippen molar-refractivity contribution in [1.29, 1.82) is 0 Å². The Hall–Kier alpha value is -2.36. The molecule has 4 heteroatoms. The summed E-state index contributed by atoms with van der Waals surface area (Å²) in [6, 6.07) is 11.5. The topological polar surface area (TPSA) is 45.2 Å². The lowest BCUT2D eigenvalue weighted by Gasteiger charge is -2.23. The predicted molar refractivity (Wildman–Crippen MR) is 82.3 cm³/mol. The van der Waals surface area contributed by atoms with Crippen LogP contribution in [0.1, 0.15) is 22.8 Å². The van der Waals surface area contributed by atoms with Gasteiger partial charge in [-0.25, -0.2) is 4.98 Å². The van der Waals surface area contributed by atoms with Gasteiger partial charge in [0, 0.05) is 25.5 Å². The van der Waals surface area contributed by atoms with E-state index in [0.717, 1.165) is 17.1 Å². The predicted octanol–water partition coefficient (Wildman–Crippen LogP) is 3.10. The molecule has 2 aromatic rings. The van der Waals surface area contributed by atoms with Crippen molar-refractivity contribution in [3.63, 3.8) is 0 Å². The van der Waals surface area contributed by atoms with Gasteiger partial charge in [-0.1, -0.05) is 18.2 Å². The standard InChI is InChI=1S/C16H19N3O/c1-4-19(14-8-6-5-7-12(14)2)16(20)13-9-10-15(17-3)18-11-13/h5-11H,4H2,1-3H3,(H,17,18). The van der Waals surface area contributed by atoms with Crippen molar-refractivity contribution < 1.29 is 4.79 Å². The highest BCUT2D eigenvalue weighted by Gasteiger charge is 2.17. The highest BCUT2D eigenvalue weighted by molar-refractivity contribution is 6.06. The average molecular weight is 269 g/mol. The molecule has 20 heavy (non-hydrogen) atoms. The largest absolute Gasteiger partial charge is 0.373 e. The first-order valence-electron chi connectivity index (χ1n) is 6.68. The van der Waals surface area contributed by atoms with Crippen molar-refractivity contribution in [3.8, 4) is 0 Å². The fourth-order valence-electron chi connectivity index (χ4n) is 2.11. The van der Waals surface area contributed by atoms with Crippen molar-refractivity contribution in [3.05, 3.63) is 53.7 Å². The van der Waals surface area contributed by atoms with Crippen molar-refractivity contribution in [2.75, 3.05) is 23.8 Å². The molecule has 0 saturated heterocycles. The molecule has 0 aliphatic heterocycles. The highest BCUT2D eigenvalue weighted by Crippen LogP contribution is 2.21. The molecule has 0 saturated carbocycles. The third-order valence-electron chi connectivity index (χ3n) is 3.23. The van der Waals surface area contributed by atoms with Gasteiger partial charge in [-0.3, -0.25) is 4.79 Å². The number of carbonyl (C=O) groups excluding carboxylic acids is 1. The lowest BCUT2D eigenvalue weighted by atomic mass is 10.1. The molecule has 0 atom stereocenters. The minimum Gasteiger partial charge on any atom is -0.373 e. The summed E-state index contributed by atoms with van der Waals surface area (Å²) < 4.78 is 0. The lowest BCUT2D eigenvalue weighted by molar-refractivity contribution is 0.0988. The second kappa shape index (κ2) is 6.19. The zero-order valence-electron chi connectivity index (χ0n) is 12.1. The Bertz CT molecular complexity index is 593. The minimum atomic E-state index is -0.0306. The van der Waals surface area contributed by atoms with Crippen molar-refractivity contribution in [2.24, 2.45) is 0 Å². The van der Waals surface area contributed by atoms with E-state index in [-0.39, 0.29) is 5.91 Å². The number of pyridine rings is 1. The Labute approximate surface area is 119 Å². The number of amides is 1. The maximum atomic E-state index is 12.6. The fourth-order valence-corrected chi connectivity index (χ4v) is 2.11. The summed E-state index contributed by atoms with van der Waals surface area (Å²) in [6.45, 7) is 4.60. The third kappa shape index (κ3) is 2.79. The van der Waals surface area contributed by atoms with Crippen molar-refractivity contribution in [2.45, 2.75) is 13.8 Å². The van der Waals surface area contributed by atoms with Gasteiger partial charge in [0.25, 0.3) is 5.91 Å². The van der Waals surface area contributed by atoms with Crippen LogP contribution in [-0.2, 0) is 0 Å². The molecule has 104 valence electrons. The molecule has 1 aromatic heterocycles. The van der Waals surface area contributed by atoms with Gasteiger partial charge in [0.05, 0.1) is 5.56 Å². The van der Waals surface area contributed by atoms with Gasteiger partial charge in [-0.15, -0.1) is 0 Å². The first-order valence-corrected chi connectivity index (χ1v) is 6.68. The number of hydrogen-bond acceptors (Lipinski definition) is 3. The molecule has 1 heterocycles. The van der Waals surface area contributed by atoms with Gasteiger partial charge in [-0.05, 0) is 37.6 Å².